The number of ether oxygens (including phenoxy) is 1. The lowest BCUT2D eigenvalue weighted by atomic mass is 10.2. The van der Waals surface area contributed by atoms with E-state index in [1.807, 2.05) is 26.0 Å². The molecule has 25 heavy (non-hydrogen) atoms. The molecule has 7 heteroatoms. The molecule has 2 aromatic rings. The Labute approximate surface area is 148 Å². The minimum absolute atomic E-state index is 0.0755. The molecule has 0 unspecified atom stereocenters. The van der Waals surface area contributed by atoms with Crippen LogP contribution in [0.5, 0.6) is 5.75 Å². The van der Waals surface area contributed by atoms with Crippen LogP contribution in [0.3, 0.4) is 0 Å². The standard InChI is InChI=1S/C18H22N2O4S/c1-4-24-15-9-11-16(12-10-15)25(22,23)20-14(3)18(21)19-17-8-6-5-7-13(17)2/h5-12,14,20H,4H2,1-3H3,(H,19,21)/t14-/m1/s1. The third-order valence-corrected chi connectivity index (χ3v) is 5.13. The lowest BCUT2D eigenvalue weighted by molar-refractivity contribution is -0.117. The van der Waals surface area contributed by atoms with Crippen LogP contribution in [-0.2, 0) is 14.8 Å². The van der Waals surface area contributed by atoms with Gasteiger partial charge in [-0.05, 0) is 56.7 Å². The van der Waals surface area contributed by atoms with Crippen LogP contribution >= 0.6 is 0 Å². The molecule has 0 aliphatic rings. The zero-order chi connectivity index (χ0) is 18.4. The van der Waals surface area contributed by atoms with Gasteiger partial charge in [-0.25, -0.2) is 8.42 Å². The Bertz CT molecular complexity index is 832. The SMILES string of the molecule is CCOc1ccc(S(=O)(=O)N[C@H](C)C(=O)Nc2ccccc2C)cc1. The summed E-state index contributed by atoms with van der Waals surface area (Å²) >= 11 is 0. The third kappa shape index (κ3) is 5.04. The number of nitrogens with one attached hydrogen (secondary N) is 2. The number of rotatable bonds is 7. The minimum Gasteiger partial charge on any atom is -0.494 e. The van der Waals surface area contributed by atoms with Gasteiger partial charge >= 0.3 is 0 Å². The summed E-state index contributed by atoms with van der Waals surface area (Å²) in [5, 5.41) is 2.72. The van der Waals surface area contributed by atoms with Gasteiger partial charge < -0.3 is 10.1 Å². The number of hydrogen-bond acceptors (Lipinski definition) is 4. The normalized spacial score (nSPS) is 12.4. The summed E-state index contributed by atoms with van der Waals surface area (Å²) in [6, 6.07) is 12.4. The second-order valence-corrected chi connectivity index (χ2v) is 7.27. The predicted molar refractivity (Wildman–Crippen MR) is 97.2 cm³/mol. The summed E-state index contributed by atoms with van der Waals surface area (Å²) in [6.07, 6.45) is 0. The monoisotopic (exact) mass is 362 g/mol. The largest absolute Gasteiger partial charge is 0.494 e. The molecule has 6 nitrogen and oxygen atoms in total. The first kappa shape index (κ1) is 19.0. The molecule has 0 spiro atoms. The number of carbonyl (C=O) groups excluding carboxylic acids is 1. The number of benzene rings is 2. The molecule has 2 aromatic carbocycles. The first-order valence-corrected chi connectivity index (χ1v) is 9.43. The van der Waals surface area contributed by atoms with Gasteiger partial charge in [-0.3, -0.25) is 4.79 Å². The molecular formula is C18H22N2O4S. The molecule has 1 atom stereocenters. The highest BCUT2D eigenvalue weighted by Crippen LogP contribution is 2.17. The topological polar surface area (TPSA) is 84.5 Å². The molecule has 0 aromatic heterocycles. The first-order valence-electron chi connectivity index (χ1n) is 7.95. The van der Waals surface area contributed by atoms with Crippen LogP contribution in [-0.4, -0.2) is 27.0 Å². The summed E-state index contributed by atoms with van der Waals surface area (Å²) in [7, 11) is -3.81. The molecule has 2 N–H and O–H groups in total. The van der Waals surface area contributed by atoms with Crippen molar-refractivity contribution in [3.05, 3.63) is 54.1 Å². The molecule has 0 aliphatic heterocycles. The predicted octanol–water partition coefficient (Wildman–Crippen LogP) is 2.70. The average Bonchev–Trinajstić information content (AvgIpc) is 2.57. The van der Waals surface area contributed by atoms with Gasteiger partial charge in [-0.15, -0.1) is 0 Å². The quantitative estimate of drug-likeness (QED) is 0.793. The van der Waals surface area contributed by atoms with Gasteiger partial charge in [0.05, 0.1) is 17.5 Å². The first-order chi connectivity index (χ1) is 11.8. The highest BCUT2D eigenvalue weighted by Gasteiger charge is 2.22. The number of anilines is 1. The molecule has 0 saturated heterocycles. The molecule has 0 fully saturated rings. The summed E-state index contributed by atoms with van der Waals surface area (Å²) < 4.78 is 32.5. The van der Waals surface area contributed by atoms with Crippen molar-refractivity contribution in [2.75, 3.05) is 11.9 Å². The van der Waals surface area contributed by atoms with Gasteiger partial charge in [-0.2, -0.15) is 4.72 Å². The van der Waals surface area contributed by atoms with Crippen molar-refractivity contribution in [1.82, 2.24) is 4.72 Å². The van der Waals surface area contributed by atoms with Crippen molar-refractivity contribution in [3.63, 3.8) is 0 Å². The van der Waals surface area contributed by atoms with Gasteiger partial charge in [0, 0.05) is 5.69 Å². The van der Waals surface area contributed by atoms with Crippen LogP contribution < -0.4 is 14.8 Å². The van der Waals surface area contributed by atoms with Gasteiger partial charge in [-0.1, -0.05) is 18.2 Å². The zero-order valence-corrected chi connectivity index (χ0v) is 15.3. The Morgan fingerprint density at radius 1 is 1.12 bits per heavy atom. The Kier molecular flexibility index (Phi) is 6.17. The molecule has 0 bridgehead atoms. The van der Waals surface area contributed by atoms with E-state index in [1.165, 1.54) is 19.1 Å². The van der Waals surface area contributed by atoms with Gasteiger partial charge in [0.2, 0.25) is 15.9 Å². The highest BCUT2D eigenvalue weighted by atomic mass is 32.2. The Balaban J connectivity index is 2.06. The molecule has 0 heterocycles. The molecule has 0 saturated carbocycles. The van der Waals surface area contributed by atoms with E-state index in [9.17, 15) is 13.2 Å². The number of aryl methyl sites for hydroxylation is 1. The van der Waals surface area contributed by atoms with Crippen molar-refractivity contribution in [2.45, 2.75) is 31.7 Å². The maximum Gasteiger partial charge on any atom is 0.242 e. The van der Waals surface area contributed by atoms with Gasteiger partial charge in [0.1, 0.15) is 5.75 Å². The van der Waals surface area contributed by atoms with Crippen molar-refractivity contribution in [3.8, 4) is 5.75 Å². The molecule has 134 valence electrons. The summed E-state index contributed by atoms with van der Waals surface area (Å²) in [4.78, 5) is 12.3. The fourth-order valence-corrected chi connectivity index (χ4v) is 3.39. The van der Waals surface area contributed by atoms with E-state index in [1.54, 1.807) is 24.3 Å². The number of carbonyl (C=O) groups is 1. The van der Waals surface area contributed by atoms with Crippen LogP contribution in [0.2, 0.25) is 0 Å². The van der Waals surface area contributed by atoms with E-state index < -0.39 is 22.0 Å². The van der Waals surface area contributed by atoms with Gasteiger partial charge in [0.25, 0.3) is 0 Å². The molecule has 0 aliphatic carbocycles. The van der Waals surface area contributed by atoms with Crippen molar-refractivity contribution >= 4 is 21.6 Å². The number of para-hydroxylation sites is 1. The summed E-state index contributed by atoms with van der Waals surface area (Å²) in [5.74, 6) is 0.163. The van der Waals surface area contributed by atoms with Crippen LogP contribution in [0.15, 0.2) is 53.4 Å². The van der Waals surface area contributed by atoms with Crippen LogP contribution in [0.25, 0.3) is 0 Å². The van der Waals surface area contributed by atoms with Crippen molar-refractivity contribution < 1.29 is 17.9 Å². The smallest absolute Gasteiger partial charge is 0.242 e. The third-order valence-electron chi connectivity index (χ3n) is 3.57. The van der Waals surface area contributed by atoms with Gasteiger partial charge in [0.15, 0.2) is 0 Å². The summed E-state index contributed by atoms with van der Waals surface area (Å²) in [5.41, 5.74) is 1.55. The van der Waals surface area contributed by atoms with E-state index in [4.69, 9.17) is 4.74 Å². The lowest BCUT2D eigenvalue weighted by Crippen LogP contribution is -2.41. The Morgan fingerprint density at radius 2 is 1.76 bits per heavy atom. The van der Waals surface area contributed by atoms with Crippen LogP contribution in [0, 0.1) is 6.92 Å². The highest BCUT2D eigenvalue weighted by molar-refractivity contribution is 7.89. The lowest BCUT2D eigenvalue weighted by Gasteiger charge is -2.15. The van der Waals surface area contributed by atoms with Crippen LogP contribution in [0.4, 0.5) is 5.69 Å². The van der Waals surface area contributed by atoms with E-state index in [0.29, 0.717) is 18.0 Å². The average molecular weight is 362 g/mol. The Hall–Kier alpha value is -2.38. The Morgan fingerprint density at radius 3 is 2.36 bits per heavy atom. The molecule has 1 amide bonds. The second kappa shape index (κ2) is 8.13. The second-order valence-electron chi connectivity index (χ2n) is 5.55. The van der Waals surface area contributed by atoms with E-state index in [0.717, 1.165) is 5.56 Å². The van der Waals surface area contributed by atoms with Crippen LogP contribution in [0.1, 0.15) is 19.4 Å². The maximum absolute atomic E-state index is 12.4. The van der Waals surface area contributed by atoms with E-state index >= 15 is 0 Å². The molecule has 2 rings (SSSR count). The molecular weight excluding hydrogens is 340 g/mol. The maximum atomic E-state index is 12.4. The van der Waals surface area contributed by atoms with E-state index in [2.05, 4.69) is 10.0 Å². The fourth-order valence-electron chi connectivity index (χ4n) is 2.19. The van der Waals surface area contributed by atoms with E-state index in [-0.39, 0.29) is 4.90 Å². The number of hydrogen-bond donors (Lipinski definition) is 2. The summed E-state index contributed by atoms with van der Waals surface area (Å²) in [6.45, 7) is 5.71. The van der Waals surface area contributed by atoms with Crippen molar-refractivity contribution in [1.29, 1.82) is 0 Å². The van der Waals surface area contributed by atoms with Crippen molar-refractivity contribution in [2.24, 2.45) is 0 Å². The number of amides is 1. The zero-order valence-electron chi connectivity index (χ0n) is 14.4. The molecule has 0 radical (unpaired) electrons. The number of sulfonamides is 1. The fraction of sp³-hybridized carbons (Fsp3) is 0.278. The minimum atomic E-state index is -3.81.